The highest BCUT2D eigenvalue weighted by molar-refractivity contribution is 5.89. The fraction of sp³-hybridized carbons (Fsp3) is 0.467. The quantitative estimate of drug-likeness (QED) is 0.809. The van der Waals surface area contributed by atoms with E-state index in [1.807, 2.05) is 36.1 Å². The number of rotatable bonds is 5. The normalized spacial score (nSPS) is 14.4. The number of carbonyl (C=O) groups is 2. The van der Waals surface area contributed by atoms with Crippen molar-refractivity contribution in [3.05, 3.63) is 29.8 Å². The Balaban J connectivity index is 1.64. The molecule has 0 aliphatic carbocycles. The van der Waals surface area contributed by atoms with Crippen LogP contribution in [0.25, 0.3) is 0 Å². The second-order valence-corrected chi connectivity index (χ2v) is 5.09. The first-order valence-electron chi connectivity index (χ1n) is 7.04. The highest BCUT2D eigenvalue weighted by Crippen LogP contribution is 2.10. The molecule has 1 fully saturated rings. The van der Waals surface area contributed by atoms with Gasteiger partial charge in [-0.1, -0.05) is 12.1 Å². The van der Waals surface area contributed by atoms with Crippen LogP contribution in [0.3, 0.4) is 0 Å². The lowest BCUT2D eigenvalue weighted by molar-refractivity contribution is -0.127. The fourth-order valence-electron chi connectivity index (χ4n) is 2.31. The van der Waals surface area contributed by atoms with Crippen LogP contribution in [-0.4, -0.2) is 36.5 Å². The molecule has 20 heavy (non-hydrogen) atoms. The number of likely N-dealkylation sites (tertiary alicyclic amines) is 1. The minimum Gasteiger partial charge on any atom is -0.343 e. The van der Waals surface area contributed by atoms with Crippen molar-refractivity contribution in [1.29, 1.82) is 0 Å². The standard InChI is InChI=1S/C15H21N3O2/c1-12-5-2-6-13(11-12)17-15(20)16-8-4-10-18-9-3-7-14(18)19/h2,5-6,11H,3-4,7-10H2,1H3,(H2,16,17,20). The van der Waals surface area contributed by atoms with Gasteiger partial charge in [-0.05, 0) is 37.5 Å². The summed E-state index contributed by atoms with van der Waals surface area (Å²) in [5, 5.41) is 5.59. The fourth-order valence-corrected chi connectivity index (χ4v) is 2.31. The molecule has 0 aromatic heterocycles. The van der Waals surface area contributed by atoms with Crippen LogP contribution in [0.5, 0.6) is 0 Å². The Morgan fingerprint density at radius 2 is 2.25 bits per heavy atom. The van der Waals surface area contributed by atoms with Gasteiger partial charge in [-0.3, -0.25) is 4.79 Å². The molecule has 0 spiro atoms. The summed E-state index contributed by atoms with van der Waals surface area (Å²) in [4.78, 5) is 24.9. The van der Waals surface area contributed by atoms with Gasteiger partial charge in [0.05, 0.1) is 0 Å². The molecule has 3 amide bonds. The summed E-state index contributed by atoms with van der Waals surface area (Å²) >= 11 is 0. The molecule has 0 bridgehead atoms. The summed E-state index contributed by atoms with van der Waals surface area (Å²) in [5.74, 6) is 0.231. The van der Waals surface area contributed by atoms with E-state index in [9.17, 15) is 9.59 Å². The lowest BCUT2D eigenvalue weighted by atomic mass is 10.2. The monoisotopic (exact) mass is 275 g/mol. The SMILES string of the molecule is Cc1cccc(NC(=O)NCCCN2CCCC2=O)c1. The molecule has 2 N–H and O–H groups in total. The van der Waals surface area contributed by atoms with Crippen molar-refractivity contribution >= 4 is 17.6 Å². The molecule has 108 valence electrons. The Hall–Kier alpha value is -2.04. The van der Waals surface area contributed by atoms with E-state index in [0.717, 1.165) is 37.2 Å². The largest absolute Gasteiger partial charge is 0.343 e. The number of anilines is 1. The highest BCUT2D eigenvalue weighted by Gasteiger charge is 2.18. The first kappa shape index (κ1) is 14.4. The minimum absolute atomic E-state index is 0.205. The van der Waals surface area contributed by atoms with Gasteiger partial charge in [-0.2, -0.15) is 0 Å². The van der Waals surface area contributed by atoms with Crippen LogP contribution in [0.4, 0.5) is 10.5 Å². The van der Waals surface area contributed by atoms with E-state index in [2.05, 4.69) is 10.6 Å². The molecule has 0 saturated carbocycles. The van der Waals surface area contributed by atoms with Gasteiger partial charge >= 0.3 is 6.03 Å². The topological polar surface area (TPSA) is 61.4 Å². The number of urea groups is 1. The van der Waals surface area contributed by atoms with Gasteiger partial charge < -0.3 is 15.5 Å². The average Bonchev–Trinajstić information content (AvgIpc) is 2.80. The van der Waals surface area contributed by atoms with Crippen LogP contribution in [0.2, 0.25) is 0 Å². The zero-order chi connectivity index (χ0) is 14.4. The number of aryl methyl sites for hydroxylation is 1. The Kier molecular flexibility index (Phi) is 4.98. The lowest BCUT2D eigenvalue weighted by Gasteiger charge is -2.15. The summed E-state index contributed by atoms with van der Waals surface area (Å²) in [6, 6.07) is 7.46. The number of amides is 3. The molecule has 1 aromatic rings. The average molecular weight is 275 g/mol. The molecule has 0 unspecified atom stereocenters. The summed E-state index contributed by atoms with van der Waals surface area (Å²) < 4.78 is 0. The van der Waals surface area contributed by atoms with Gasteiger partial charge in [-0.15, -0.1) is 0 Å². The van der Waals surface area contributed by atoms with Crippen LogP contribution in [0, 0.1) is 6.92 Å². The van der Waals surface area contributed by atoms with Crippen LogP contribution < -0.4 is 10.6 Å². The van der Waals surface area contributed by atoms with Gasteiger partial charge in [0.2, 0.25) is 5.91 Å². The Morgan fingerprint density at radius 3 is 2.95 bits per heavy atom. The third kappa shape index (κ3) is 4.26. The molecular weight excluding hydrogens is 254 g/mol. The maximum atomic E-state index is 11.7. The maximum Gasteiger partial charge on any atom is 0.319 e. The Labute approximate surface area is 119 Å². The Morgan fingerprint density at radius 1 is 1.40 bits per heavy atom. The minimum atomic E-state index is -0.205. The maximum absolute atomic E-state index is 11.7. The van der Waals surface area contributed by atoms with Crippen molar-refractivity contribution < 1.29 is 9.59 Å². The van der Waals surface area contributed by atoms with Crippen molar-refractivity contribution in [2.24, 2.45) is 0 Å². The number of nitrogens with zero attached hydrogens (tertiary/aromatic N) is 1. The van der Waals surface area contributed by atoms with E-state index in [1.54, 1.807) is 0 Å². The van der Waals surface area contributed by atoms with Crippen LogP contribution in [0.15, 0.2) is 24.3 Å². The molecule has 5 heteroatoms. The van der Waals surface area contributed by atoms with Crippen molar-refractivity contribution in [3.8, 4) is 0 Å². The number of nitrogens with one attached hydrogen (secondary N) is 2. The van der Waals surface area contributed by atoms with Gasteiger partial charge in [-0.25, -0.2) is 4.79 Å². The van der Waals surface area contributed by atoms with Crippen molar-refractivity contribution in [2.45, 2.75) is 26.2 Å². The zero-order valence-electron chi connectivity index (χ0n) is 11.8. The van der Waals surface area contributed by atoms with E-state index in [-0.39, 0.29) is 11.9 Å². The molecule has 1 aliphatic heterocycles. The molecule has 1 saturated heterocycles. The Bertz CT molecular complexity index is 488. The molecule has 0 radical (unpaired) electrons. The van der Waals surface area contributed by atoms with E-state index in [1.165, 1.54) is 0 Å². The number of carbonyl (C=O) groups excluding carboxylic acids is 2. The zero-order valence-corrected chi connectivity index (χ0v) is 11.8. The first-order valence-corrected chi connectivity index (χ1v) is 7.04. The van der Waals surface area contributed by atoms with Crippen molar-refractivity contribution in [3.63, 3.8) is 0 Å². The summed E-state index contributed by atoms with van der Waals surface area (Å²) in [7, 11) is 0. The molecule has 1 aromatic carbocycles. The van der Waals surface area contributed by atoms with E-state index in [0.29, 0.717) is 13.0 Å². The van der Waals surface area contributed by atoms with Crippen LogP contribution in [-0.2, 0) is 4.79 Å². The van der Waals surface area contributed by atoms with Gasteiger partial charge in [0.25, 0.3) is 0 Å². The molecule has 5 nitrogen and oxygen atoms in total. The second kappa shape index (κ2) is 6.93. The van der Waals surface area contributed by atoms with Gasteiger partial charge in [0, 0.05) is 31.7 Å². The predicted molar refractivity (Wildman–Crippen MR) is 78.6 cm³/mol. The number of hydrogen-bond acceptors (Lipinski definition) is 2. The summed E-state index contributed by atoms with van der Waals surface area (Å²) in [5.41, 5.74) is 1.90. The van der Waals surface area contributed by atoms with Gasteiger partial charge in [0.15, 0.2) is 0 Å². The number of hydrogen-bond donors (Lipinski definition) is 2. The first-order chi connectivity index (χ1) is 9.65. The third-order valence-corrected chi connectivity index (χ3v) is 3.34. The molecule has 0 atom stereocenters. The number of benzene rings is 1. The summed E-state index contributed by atoms with van der Waals surface area (Å²) in [6.07, 6.45) is 2.41. The van der Waals surface area contributed by atoms with E-state index < -0.39 is 0 Å². The smallest absolute Gasteiger partial charge is 0.319 e. The van der Waals surface area contributed by atoms with Crippen molar-refractivity contribution in [1.82, 2.24) is 10.2 Å². The predicted octanol–water partition coefficient (Wildman–Crippen LogP) is 2.13. The molecule has 2 rings (SSSR count). The van der Waals surface area contributed by atoms with Crippen molar-refractivity contribution in [2.75, 3.05) is 25.0 Å². The van der Waals surface area contributed by atoms with Crippen LogP contribution >= 0.6 is 0 Å². The van der Waals surface area contributed by atoms with E-state index >= 15 is 0 Å². The highest BCUT2D eigenvalue weighted by atomic mass is 16.2. The molecule has 1 heterocycles. The van der Waals surface area contributed by atoms with E-state index in [4.69, 9.17) is 0 Å². The molecular formula is C15H21N3O2. The third-order valence-electron chi connectivity index (χ3n) is 3.34. The molecule has 1 aliphatic rings. The lowest BCUT2D eigenvalue weighted by Crippen LogP contribution is -2.33. The second-order valence-electron chi connectivity index (χ2n) is 5.09. The van der Waals surface area contributed by atoms with Crippen LogP contribution in [0.1, 0.15) is 24.8 Å². The summed E-state index contributed by atoms with van der Waals surface area (Å²) in [6.45, 7) is 4.13. The van der Waals surface area contributed by atoms with Gasteiger partial charge in [0.1, 0.15) is 0 Å².